The lowest BCUT2D eigenvalue weighted by atomic mass is 9.92. The van der Waals surface area contributed by atoms with E-state index in [4.69, 9.17) is 0 Å². The van der Waals surface area contributed by atoms with Crippen LogP contribution in [0.2, 0.25) is 0 Å². The van der Waals surface area contributed by atoms with Gasteiger partial charge in [-0.3, -0.25) is 9.59 Å². The summed E-state index contributed by atoms with van der Waals surface area (Å²) in [5, 5.41) is 2.93. The molecule has 1 heterocycles. The lowest BCUT2D eigenvalue weighted by Gasteiger charge is -2.27. The maximum Gasteiger partial charge on any atom is 0.227 e. The Labute approximate surface area is 145 Å². The summed E-state index contributed by atoms with van der Waals surface area (Å²) in [5.74, 6) is 0.424. The lowest BCUT2D eigenvalue weighted by Crippen LogP contribution is -2.37. The van der Waals surface area contributed by atoms with Crippen molar-refractivity contribution in [2.75, 3.05) is 11.4 Å². The molecule has 1 fully saturated rings. The van der Waals surface area contributed by atoms with E-state index in [-0.39, 0.29) is 23.8 Å². The third kappa shape index (κ3) is 3.80. The second-order valence-electron chi connectivity index (χ2n) is 7.66. The molecule has 0 aromatic heterocycles. The highest BCUT2D eigenvalue weighted by molar-refractivity contribution is 6.01. The normalized spacial score (nSPS) is 18.1. The molecule has 1 saturated heterocycles. The van der Waals surface area contributed by atoms with Gasteiger partial charge in [-0.1, -0.05) is 45.9 Å². The van der Waals surface area contributed by atoms with Crippen molar-refractivity contribution in [2.45, 2.75) is 65.8 Å². The highest BCUT2D eigenvalue weighted by Gasteiger charge is 2.37. The van der Waals surface area contributed by atoms with Gasteiger partial charge in [-0.2, -0.15) is 0 Å². The Morgan fingerprint density at radius 1 is 1.08 bits per heavy atom. The average molecular weight is 330 g/mol. The van der Waals surface area contributed by atoms with E-state index in [0.29, 0.717) is 24.8 Å². The summed E-state index contributed by atoms with van der Waals surface area (Å²) in [6.07, 6.45) is 0.294. The van der Waals surface area contributed by atoms with E-state index >= 15 is 0 Å². The van der Waals surface area contributed by atoms with Crippen molar-refractivity contribution in [3.8, 4) is 0 Å². The van der Waals surface area contributed by atoms with Gasteiger partial charge in [-0.05, 0) is 36.8 Å². The third-order valence-electron chi connectivity index (χ3n) is 4.54. The van der Waals surface area contributed by atoms with Gasteiger partial charge in [-0.15, -0.1) is 0 Å². The number of para-hydroxylation sites is 1. The van der Waals surface area contributed by atoms with Crippen molar-refractivity contribution in [3.05, 3.63) is 29.3 Å². The Morgan fingerprint density at radius 2 is 1.62 bits per heavy atom. The summed E-state index contributed by atoms with van der Waals surface area (Å²) in [4.78, 5) is 26.8. The van der Waals surface area contributed by atoms with Crippen LogP contribution in [0.5, 0.6) is 0 Å². The average Bonchev–Trinajstić information content (AvgIpc) is 2.87. The van der Waals surface area contributed by atoms with E-state index < -0.39 is 0 Å². The SMILES string of the molecule is CC(C)NC(=O)C1CC(=O)N(c2c(C(C)C)cccc2C(C)C)C1. The van der Waals surface area contributed by atoms with Crippen molar-refractivity contribution < 1.29 is 9.59 Å². The van der Waals surface area contributed by atoms with Gasteiger partial charge in [0.25, 0.3) is 0 Å². The number of nitrogens with one attached hydrogen (secondary N) is 1. The van der Waals surface area contributed by atoms with Crippen LogP contribution in [0.1, 0.15) is 70.9 Å². The zero-order valence-electron chi connectivity index (χ0n) is 15.7. The van der Waals surface area contributed by atoms with Crippen LogP contribution < -0.4 is 10.2 Å². The smallest absolute Gasteiger partial charge is 0.227 e. The van der Waals surface area contributed by atoms with Crippen LogP contribution in [-0.4, -0.2) is 24.4 Å². The summed E-state index contributed by atoms with van der Waals surface area (Å²) in [7, 11) is 0. The monoisotopic (exact) mass is 330 g/mol. The Kier molecular flexibility index (Phi) is 5.68. The molecule has 0 bridgehead atoms. The van der Waals surface area contributed by atoms with Gasteiger partial charge in [0, 0.05) is 19.0 Å². The Bertz CT molecular complexity index is 594. The number of hydrogen-bond donors (Lipinski definition) is 1. The van der Waals surface area contributed by atoms with E-state index in [1.807, 2.05) is 18.7 Å². The van der Waals surface area contributed by atoms with E-state index in [1.165, 1.54) is 11.1 Å². The molecule has 1 atom stereocenters. The fraction of sp³-hybridized carbons (Fsp3) is 0.600. The van der Waals surface area contributed by atoms with Gasteiger partial charge in [0.05, 0.1) is 11.6 Å². The van der Waals surface area contributed by atoms with Gasteiger partial charge in [0.1, 0.15) is 0 Å². The minimum atomic E-state index is -0.264. The molecule has 1 N–H and O–H groups in total. The first-order valence-electron chi connectivity index (χ1n) is 8.95. The molecule has 0 spiro atoms. The number of rotatable bonds is 5. The number of anilines is 1. The molecule has 0 saturated carbocycles. The Balaban J connectivity index is 2.38. The zero-order valence-corrected chi connectivity index (χ0v) is 15.7. The third-order valence-corrected chi connectivity index (χ3v) is 4.54. The Hall–Kier alpha value is -1.84. The van der Waals surface area contributed by atoms with Crippen LogP contribution in [0.15, 0.2) is 18.2 Å². The molecule has 4 nitrogen and oxygen atoms in total. The maximum absolute atomic E-state index is 12.7. The molecule has 132 valence electrons. The number of carbonyl (C=O) groups excluding carboxylic acids is 2. The van der Waals surface area contributed by atoms with Crippen molar-refractivity contribution in [3.63, 3.8) is 0 Å². The van der Waals surface area contributed by atoms with Gasteiger partial charge in [0.15, 0.2) is 0 Å². The minimum absolute atomic E-state index is 0.0195. The summed E-state index contributed by atoms with van der Waals surface area (Å²) >= 11 is 0. The van der Waals surface area contributed by atoms with Crippen molar-refractivity contribution in [1.29, 1.82) is 0 Å². The second kappa shape index (κ2) is 7.37. The molecule has 2 rings (SSSR count). The molecule has 0 radical (unpaired) electrons. The lowest BCUT2D eigenvalue weighted by molar-refractivity contribution is -0.126. The molecule has 1 unspecified atom stereocenters. The molecule has 1 aromatic carbocycles. The molecule has 24 heavy (non-hydrogen) atoms. The summed E-state index contributed by atoms with van der Waals surface area (Å²) < 4.78 is 0. The van der Waals surface area contributed by atoms with E-state index in [2.05, 4.69) is 51.2 Å². The maximum atomic E-state index is 12.7. The number of hydrogen-bond acceptors (Lipinski definition) is 2. The molecule has 1 aliphatic heterocycles. The van der Waals surface area contributed by atoms with Crippen LogP contribution in [0.3, 0.4) is 0 Å². The number of nitrogens with zero attached hydrogens (tertiary/aromatic N) is 1. The molecular weight excluding hydrogens is 300 g/mol. The van der Waals surface area contributed by atoms with E-state index in [9.17, 15) is 9.59 Å². The standard InChI is InChI=1S/C20H30N2O2/c1-12(2)16-8-7-9-17(13(3)4)19(16)22-11-15(10-18(22)23)20(24)21-14(5)6/h7-9,12-15H,10-11H2,1-6H3,(H,21,24). The predicted molar refractivity (Wildman–Crippen MR) is 98.4 cm³/mol. The molecule has 1 aromatic rings. The van der Waals surface area contributed by atoms with E-state index in [1.54, 1.807) is 0 Å². The molecule has 2 amide bonds. The highest BCUT2D eigenvalue weighted by Crippen LogP contribution is 2.38. The first kappa shape index (κ1) is 18.5. The van der Waals surface area contributed by atoms with Crippen LogP contribution in [0, 0.1) is 5.92 Å². The van der Waals surface area contributed by atoms with E-state index in [0.717, 1.165) is 5.69 Å². The minimum Gasteiger partial charge on any atom is -0.354 e. The van der Waals surface area contributed by atoms with Crippen molar-refractivity contribution >= 4 is 17.5 Å². The second-order valence-corrected chi connectivity index (χ2v) is 7.66. The van der Waals surface area contributed by atoms with Crippen LogP contribution in [0.4, 0.5) is 5.69 Å². The van der Waals surface area contributed by atoms with Gasteiger partial charge in [0.2, 0.25) is 11.8 Å². The Morgan fingerprint density at radius 3 is 2.08 bits per heavy atom. The largest absolute Gasteiger partial charge is 0.354 e. The molecule has 0 aliphatic carbocycles. The zero-order chi connectivity index (χ0) is 18.0. The summed E-state index contributed by atoms with van der Waals surface area (Å²) in [6.45, 7) is 12.9. The van der Waals surface area contributed by atoms with Gasteiger partial charge < -0.3 is 10.2 Å². The van der Waals surface area contributed by atoms with Gasteiger partial charge >= 0.3 is 0 Å². The number of amides is 2. The van der Waals surface area contributed by atoms with Crippen LogP contribution in [-0.2, 0) is 9.59 Å². The van der Waals surface area contributed by atoms with Crippen LogP contribution in [0.25, 0.3) is 0 Å². The van der Waals surface area contributed by atoms with Crippen molar-refractivity contribution in [2.24, 2.45) is 5.92 Å². The molecule has 1 aliphatic rings. The number of benzene rings is 1. The quantitative estimate of drug-likeness (QED) is 0.892. The summed E-state index contributed by atoms with van der Waals surface area (Å²) in [5.41, 5.74) is 3.38. The highest BCUT2D eigenvalue weighted by atomic mass is 16.2. The van der Waals surface area contributed by atoms with Crippen molar-refractivity contribution in [1.82, 2.24) is 5.32 Å². The molecular formula is C20H30N2O2. The molecule has 4 heteroatoms. The summed E-state index contributed by atoms with van der Waals surface area (Å²) in [6, 6.07) is 6.36. The first-order valence-corrected chi connectivity index (χ1v) is 8.95. The predicted octanol–water partition coefficient (Wildman–Crippen LogP) is 3.81. The fourth-order valence-electron chi connectivity index (χ4n) is 3.33. The topological polar surface area (TPSA) is 49.4 Å². The first-order chi connectivity index (χ1) is 11.2. The number of carbonyl (C=O) groups is 2. The fourth-order valence-corrected chi connectivity index (χ4v) is 3.33. The van der Waals surface area contributed by atoms with Crippen LogP contribution >= 0.6 is 0 Å². The van der Waals surface area contributed by atoms with Gasteiger partial charge in [-0.25, -0.2) is 0 Å².